The van der Waals surface area contributed by atoms with Crippen LogP contribution >= 0.6 is 15.9 Å². The van der Waals surface area contributed by atoms with Gasteiger partial charge in [0.1, 0.15) is 28.6 Å². The summed E-state index contributed by atoms with van der Waals surface area (Å²) in [5, 5.41) is 15.1. The van der Waals surface area contributed by atoms with Crippen LogP contribution in [0.1, 0.15) is 25.2 Å². The molecule has 5 nitrogen and oxygen atoms in total. The summed E-state index contributed by atoms with van der Waals surface area (Å²) in [6.45, 7) is 6.17. The van der Waals surface area contributed by atoms with Crippen molar-refractivity contribution in [1.82, 2.24) is 0 Å². The third-order valence-electron chi connectivity index (χ3n) is 5.48. The molecule has 4 aromatic rings. The highest BCUT2D eigenvalue weighted by Crippen LogP contribution is 2.45. The molecule has 0 aliphatic rings. The zero-order valence-corrected chi connectivity index (χ0v) is 19.4. The number of ether oxygens (including phenoxy) is 2. The van der Waals surface area contributed by atoms with Gasteiger partial charge in [-0.1, -0.05) is 28.1 Å². The highest BCUT2D eigenvalue weighted by molar-refractivity contribution is 9.09. The Bertz CT molecular complexity index is 1420. The summed E-state index contributed by atoms with van der Waals surface area (Å²) in [7, 11) is 1.58. The normalized spacial score (nSPS) is 12.1. The van der Waals surface area contributed by atoms with Crippen LogP contribution in [0.25, 0.3) is 38.1 Å². The van der Waals surface area contributed by atoms with E-state index in [1.54, 1.807) is 19.2 Å². The molecule has 0 aliphatic carbocycles. The van der Waals surface area contributed by atoms with E-state index < -0.39 is 0 Å². The first kappa shape index (κ1) is 21.2. The second-order valence-electron chi connectivity index (χ2n) is 7.43. The number of rotatable bonds is 5. The van der Waals surface area contributed by atoms with Gasteiger partial charge in [-0.15, -0.1) is 0 Å². The Kier molecular flexibility index (Phi) is 5.67. The van der Waals surface area contributed by atoms with E-state index in [1.807, 2.05) is 39.0 Å². The van der Waals surface area contributed by atoms with Crippen LogP contribution in [0.5, 0.6) is 17.2 Å². The molecule has 6 heteroatoms. The van der Waals surface area contributed by atoms with Crippen LogP contribution in [0.2, 0.25) is 0 Å². The molecule has 0 bridgehead atoms. The maximum Gasteiger partial charge on any atom is 0.182 e. The molecular formula is C25H23BrO5. The lowest BCUT2D eigenvalue weighted by Gasteiger charge is -2.17. The van der Waals surface area contributed by atoms with Crippen molar-refractivity contribution in [1.29, 1.82) is 0 Å². The van der Waals surface area contributed by atoms with E-state index >= 15 is 0 Å². The molecule has 3 aromatic carbocycles. The predicted octanol–water partition coefficient (Wildman–Crippen LogP) is 6.32. The number of allylic oxidation sites excluding steroid dienone is 2. The molecule has 1 heterocycles. The second kappa shape index (κ2) is 8.27. The molecule has 0 saturated carbocycles. The van der Waals surface area contributed by atoms with Crippen molar-refractivity contribution in [3.05, 3.63) is 58.0 Å². The fourth-order valence-electron chi connectivity index (χ4n) is 3.98. The molecule has 4 rings (SSSR count). The van der Waals surface area contributed by atoms with Crippen LogP contribution in [-0.4, -0.2) is 24.2 Å². The van der Waals surface area contributed by atoms with Crippen molar-refractivity contribution in [2.45, 2.75) is 20.8 Å². The zero-order valence-electron chi connectivity index (χ0n) is 17.8. The van der Waals surface area contributed by atoms with Crippen LogP contribution in [0.4, 0.5) is 0 Å². The average Bonchev–Trinajstić information content (AvgIpc) is 2.74. The number of aryl methyl sites for hydroxylation is 1. The summed E-state index contributed by atoms with van der Waals surface area (Å²) < 4.78 is 18.0. The third kappa shape index (κ3) is 3.55. The van der Waals surface area contributed by atoms with Gasteiger partial charge in [0.05, 0.1) is 29.9 Å². The second-order valence-corrected chi connectivity index (χ2v) is 8.22. The Morgan fingerprint density at radius 3 is 2.55 bits per heavy atom. The Labute approximate surface area is 188 Å². The number of alkyl halides is 1. The molecule has 0 spiro atoms. The van der Waals surface area contributed by atoms with Gasteiger partial charge in [0.2, 0.25) is 0 Å². The number of aromatic hydroxyl groups is 1. The van der Waals surface area contributed by atoms with Crippen LogP contribution < -0.4 is 14.9 Å². The zero-order chi connectivity index (χ0) is 22.3. The number of methoxy groups -OCH3 is 1. The van der Waals surface area contributed by atoms with Gasteiger partial charge in [0.25, 0.3) is 0 Å². The summed E-state index contributed by atoms with van der Waals surface area (Å²) in [6.07, 6.45) is 1.93. The quantitative estimate of drug-likeness (QED) is 0.204. The lowest BCUT2D eigenvalue weighted by molar-refractivity contribution is 0.347. The van der Waals surface area contributed by atoms with Gasteiger partial charge in [-0.2, -0.15) is 0 Å². The highest BCUT2D eigenvalue weighted by atomic mass is 79.9. The van der Waals surface area contributed by atoms with Gasteiger partial charge in [-0.25, -0.2) is 0 Å². The summed E-state index contributed by atoms with van der Waals surface area (Å²) in [5.41, 5.74) is 2.17. The number of hydrogen-bond acceptors (Lipinski definition) is 5. The molecular weight excluding hydrogens is 460 g/mol. The molecule has 31 heavy (non-hydrogen) atoms. The van der Waals surface area contributed by atoms with Gasteiger partial charge in [-0.05, 0) is 54.8 Å². The van der Waals surface area contributed by atoms with E-state index in [4.69, 9.17) is 13.9 Å². The van der Waals surface area contributed by atoms with Gasteiger partial charge < -0.3 is 19.0 Å². The van der Waals surface area contributed by atoms with Crippen LogP contribution in [0.15, 0.2) is 45.6 Å². The van der Waals surface area contributed by atoms with Gasteiger partial charge >= 0.3 is 0 Å². The summed E-state index contributed by atoms with van der Waals surface area (Å²) in [4.78, 5) is 12.3. The Morgan fingerprint density at radius 1 is 1.13 bits per heavy atom. The predicted molar refractivity (Wildman–Crippen MR) is 129 cm³/mol. The Hall–Kier alpha value is -2.99. The minimum atomic E-state index is -0.135. The number of halogens is 1. The molecule has 1 N–H and O–H groups in total. The van der Waals surface area contributed by atoms with Crippen molar-refractivity contribution in [2.24, 2.45) is 0 Å². The van der Waals surface area contributed by atoms with Crippen molar-refractivity contribution in [2.75, 3.05) is 19.0 Å². The fourth-order valence-corrected chi connectivity index (χ4v) is 4.14. The van der Waals surface area contributed by atoms with E-state index in [9.17, 15) is 9.90 Å². The van der Waals surface area contributed by atoms with Crippen molar-refractivity contribution < 1.29 is 19.0 Å². The monoisotopic (exact) mass is 482 g/mol. The van der Waals surface area contributed by atoms with Crippen molar-refractivity contribution in [3.63, 3.8) is 0 Å². The van der Waals surface area contributed by atoms with E-state index in [0.29, 0.717) is 45.6 Å². The topological polar surface area (TPSA) is 68.9 Å². The van der Waals surface area contributed by atoms with Crippen molar-refractivity contribution in [3.8, 4) is 17.2 Å². The molecule has 0 atom stereocenters. The van der Waals surface area contributed by atoms with Gasteiger partial charge in [0, 0.05) is 17.5 Å². The molecule has 0 unspecified atom stereocenters. The standard InChI is InChI=1S/C25H23BrO5/c1-5-13(2)19-12-18(28)21-14(3)8-15-9-16-10-17(27)11-20(30-7-6-26)22(16)24(29-4)23(15)25(21)31-19/h5,8-12,28H,6-7H2,1-4H3/b13-5+. The molecule has 0 aliphatic heterocycles. The highest BCUT2D eigenvalue weighted by Gasteiger charge is 2.21. The van der Waals surface area contributed by atoms with Crippen LogP contribution in [0.3, 0.4) is 0 Å². The van der Waals surface area contributed by atoms with E-state index in [0.717, 1.165) is 27.3 Å². The lowest BCUT2D eigenvalue weighted by Crippen LogP contribution is -2.05. The molecule has 0 fully saturated rings. The first-order valence-electron chi connectivity index (χ1n) is 9.96. The lowest BCUT2D eigenvalue weighted by atomic mass is 9.96. The van der Waals surface area contributed by atoms with Gasteiger partial charge in [-0.3, -0.25) is 4.79 Å². The minimum Gasteiger partial charge on any atom is -0.507 e. The Morgan fingerprint density at radius 2 is 1.87 bits per heavy atom. The third-order valence-corrected chi connectivity index (χ3v) is 5.80. The first-order valence-corrected chi connectivity index (χ1v) is 11.1. The summed E-state index contributed by atoms with van der Waals surface area (Å²) in [5.74, 6) is 1.72. The summed E-state index contributed by atoms with van der Waals surface area (Å²) >= 11 is 3.36. The largest absolute Gasteiger partial charge is 0.507 e. The molecule has 1 aromatic heterocycles. The summed E-state index contributed by atoms with van der Waals surface area (Å²) in [6, 6.07) is 8.59. The molecule has 0 amide bonds. The van der Waals surface area contributed by atoms with E-state index in [2.05, 4.69) is 15.9 Å². The Balaban J connectivity index is 2.25. The number of hydrogen-bond donors (Lipinski definition) is 1. The maximum absolute atomic E-state index is 12.3. The van der Waals surface area contributed by atoms with Crippen molar-refractivity contribution >= 4 is 54.0 Å². The first-order chi connectivity index (χ1) is 14.9. The number of benzene rings is 3. The fraction of sp³-hybridized carbons (Fsp3) is 0.240. The van der Waals surface area contributed by atoms with Gasteiger partial charge in [0.15, 0.2) is 5.43 Å². The van der Waals surface area contributed by atoms with E-state index in [1.165, 1.54) is 6.07 Å². The maximum atomic E-state index is 12.3. The van der Waals surface area contributed by atoms with E-state index in [-0.39, 0.29) is 11.2 Å². The van der Waals surface area contributed by atoms with Crippen LogP contribution in [-0.2, 0) is 0 Å². The van der Waals surface area contributed by atoms with Crippen LogP contribution in [0, 0.1) is 6.92 Å². The molecule has 0 radical (unpaired) electrons. The SMILES string of the molecule is C/C=C(\C)c1cc(O)c2c(C)cc3cc4cc(=O)cc(OCCBr)c4c(OC)c3c2o1. The number of fused-ring (bicyclic) bond motifs is 4. The smallest absolute Gasteiger partial charge is 0.182 e. The average molecular weight is 483 g/mol. The molecule has 0 saturated heterocycles. The molecule has 160 valence electrons. The minimum absolute atomic E-state index is 0.135.